The van der Waals surface area contributed by atoms with Crippen molar-refractivity contribution in [2.75, 3.05) is 27.2 Å². The fraction of sp³-hybridized carbons (Fsp3) is 0.571. The maximum absolute atomic E-state index is 12.8. The van der Waals surface area contributed by atoms with Crippen LogP contribution in [0.2, 0.25) is 0 Å². The summed E-state index contributed by atoms with van der Waals surface area (Å²) in [7, 11) is 3.62. The summed E-state index contributed by atoms with van der Waals surface area (Å²) in [4.78, 5) is 44.5. The van der Waals surface area contributed by atoms with Gasteiger partial charge in [-0.1, -0.05) is 6.07 Å². The fourth-order valence-electron chi connectivity index (χ4n) is 6.21. The third-order valence-electron chi connectivity index (χ3n) is 8.25. The highest BCUT2D eigenvalue weighted by atomic mass is 19.4. The minimum Gasteiger partial charge on any atom is -0.493 e. The number of rotatable bonds is 6. The molecule has 0 saturated carbocycles. The average Bonchev–Trinajstić information content (AvgIpc) is 3.32. The molecule has 262 valence electrons. The molecule has 0 aromatic heterocycles. The molecule has 1 saturated heterocycles. The monoisotopic (exact) mass is 686 g/mol. The number of nitrogens with two attached hydrogens (primary N) is 1. The van der Waals surface area contributed by atoms with Gasteiger partial charge in [-0.2, -0.15) is 26.3 Å². The predicted octanol–water partition coefficient (Wildman–Crippen LogP) is 2.06. The van der Waals surface area contributed by atoms with E-state index in [2.05, 4.69) is 4.90 Å². The summed E-state index contributed by atoms with van der Waals surface area (Å²) in [5.41, 5.74) is 5.61. The molecule has 5 rings (SSSR count). The van der Waals surface area contributed by atoms with Crippen molar-refractivity contribution in [2.24, 2.45) is 5.73 Å². The van der Waals surface area contributed by atoms with Gasteiger partial charge >= 0.3 is 36.2 Å². The van der Waals surface area contributed by atoms with E-state index in [-0.39, 0.29) is 19.0 Å². The number of ether oxygens (including phenoxy) is 4. The molecule has 2 bridgehead atoms. The number of nitrogens with zero attached hydrogens (tertiary/aromatic N) is 1. The van der Waals surface area contributed by atoms with Crippen LogP contribution in [-0.2, 0) is 40.5 Å². The van der Waals surface area contributed by atoms with Crippen molar-refractivity contribution in [1.82, 2.24) is 4.90 Å². The van der Waals surface area contributed by atoms with E-state index in [0.717, 1.165) is 17.7 Å². The average molecular weight is 687 g/mol. The molecule has 1 fully saturated rings. The van der Waals surface area contributed by atoms with E-state index in [0.29, 0.717) is 36.5 Å². The summed E-state index contributed by atoms with van der Waals surface area (Å²) >= 11 is 0. The van der Waals surface area contributed by atoms with Crippen LogP contribution in [-0.4, -0.2) is 108 Å². The van der Waals surface area contributed by atoms with Gasteiger partial charge < -0.3 is 44.9 Å². The zero-order valence-corrected chi connectivity index (χ0v) is 25.1. The van der Waals surface area contributed by atoms with Crippen LogP contribution in [0.15, 0.2) is 24.0 Å². The number of carbonyl (C=O) groups is 4. The zero-order chi connectivity index (χ0) is 35.7. The smallest absolute Gasteiger partial charge is 0.490 e. The first kappa shape index (κ1) is 37.4. The Kier molecular flexibility index (Phi) is 10.8. The van der Waals surface area contributed by atoms with Gasteiger partial charge in [0, 0.05) is 24.6 Å². The van der Waals surface area contributed by atoms with E-state index < -0.39 is 59.5 Å². The highest BCUT2D eigenvalue weighted by Crippen LogP contribution is 2.65. The largest absolute Gasteiger partial charge is 0.493 e. The number of likely N-dealkylation sites (tertiary alicyclic amines) is 1. The van der Waals surface area contributed by atoms with Gasteiger partial charge in [-0.05, 0) is 51.1 Å². The zero-order valence-electron chi connectivity index (χ0n) is 25.1. The highest BCUT2D eigenvalue weighted by Gasteiger charge is 2.72. The molecular weight excluding hydrogens is 654 g/mol. The van der Waals surface area contributed by atoms with Gasteiger partial charge in [0.05, 0.1) is 24.5 Å². The molecule has 5 atom stereocenters. The summed E-state index contributed by atoms with van der Waals surface area (Å²) in [6, 6.07) is 3.84. The molecule has 19 heteroatoms. The summed E-state index contributed by atoms with van der Waals surface area (Å²) in [5.74, 6) is -5.24. The van der Waals surface area contributed by atoms with Crippen molar-refractivity contribution < 1.29 is 79.8 Å². The number of alkyl halides is 6. The molecule has 1 aromatic carbocycles. The van der Waals surface area contributed by atoms with Gasteiger partial charge in [0.1, 0.15) is 5.76 Å². The van der Waals surface area contributed by atoms with Crippen LogP contribution in [0.25, 0.3) is 0 Å². The Bertz CT molecular complexity index is 1410. The summed E-state index contributed by atoms with van der Waals surface area (Å²) < 4.78 is 86.4. The molecule has 0 amide bonds. The minimum absolute atomic E-state index is 0.0228. The van der Waals surface area contributed by atoms with E-state index in [1.807, 2.05) is 19.2 Å². The third kappa shape index (κ3) is 7.10. The Morgan fingerprint density at radius 3 is 2.19 bits per heavy atom. The Morgan fingerprint density at radius 2 is 1.68 bits per heavy atom. The van der Waals surface area contributed by atoms with Crippen LogP contribution in [0.1, 0.15) is 37.3 Å². The van der Waals surface area contributed by atoms with Gasteiger partial charge in [0.15, 0.2) is 23.7 Å². The lowest BCUT2D eigenvalue weighted by molar-refractivity contribution is -0.193. The minimum atomic E-state index is -5.08. The number of likely N-dealkylation sites (N-methyl/N-ethyl adjacent to an activating group) is 1. The summed E-state index contributed by atoms with van der Waals surface area (Å²) in [6.07, 6.45) is -8.51. The molecule has 2 aliphatic carbocycles. The molecule has 1 aromatic rings. The van der Waals surface area contributed by atoms with E-state index in [1.54, 1.807) is 13.2 Å². The lowest BCUT2D eigenvalue weighted by Crippen LogP contribution is -2.74. The molecule has 5 N–H and O–H groups in total. The second-order valence-electron chi connectivity index (χ2n) is 11.0. The Balaban J connectivity index is 0.000000360. The number of methoxy groups -OCH3 is 1. The fourth-order valence-corrected chi connectivity index (χ4v) is 6.21. The van der Waals surface area contributed by atoms with Crippen LogP contribution in [0.3, 0.4) is 0 Å². The second kappa shape index (κ2) is 13.6. The van der Waals surface area contributed by atoms with Crippen LogP contribution in [0, 0.1) is 0 Å². The van der Waals surface area contributed by atoms with E-state index in [9.17, 15) is 41.0 Å². The van der Waals surface area contributed by atoms with Gasteiger partial charge in [-0.15, -0.1) is 0 Å². The topological polar surface area (TPSA) is 195 Å². The van der Waals surface area contributed by atoms with Gasteiger partial charge in [-0.25, -0.2) is 14.4 Å². The molecule has 47 heavy (non-hydrogen) atoms. The number of halogens is 6. The Morgan fingerprint density at radius 1 is 1.11 bits per heavy atom. The highest BCUT2D eigenvalue weighted by molar-refractivity contribution is 5.80. The van der Waals surface area contributed by atoms with E-state index >= 15 is 0 Å². The van der Waals surface area contributed by atoms with Crippen LogP contribution < -0.4 is 15.2 Å². The van der Waals surface area contributed by atoms with Crippen molar-refractivity contribution in [3.05, 3.63) is 35.1 Å². The molecule has 13 nitrogen and oxygen atoms in total. The van der Waals surface area contributed by atoms with Gasteiger partial charge in [0.2, 0.25) is 0 Å². The van der Waals surface area contributed by atoms with Crippen molar-refractivity contribution in [2.45, 2.75) is 74.2 Å². The SMILES string of the molecule is COc1ccc2c3c1O[C@H]1C(OC(=O)[C@H](C)OC(=O)CCN)=CC[C@]4(O)C(C2)N(C)CC[C@]314.O=C(O)C(F)(F)F.O=C(O)C(F)(F)F. The predicted molar refractivity (Wildman–Crippen MR) is 144 cm³/mol. The maximum Gasteiger partial charge on any atom is 0.490 e. The Labute approximate surface area is 262 Å². The number of hydrogen-bond acceptors (Lipinski definition) is 11. The first-order valence-corrected chi connectivity index (χ1v) is 13.9. The van der Waals surface area contributed by atoms with Crippen molar-refractivity contribution in [3.8, 4) is 11.5 Å². The van der Waals surface area contributed by atoms with Crippen molar-refractivity contribution >= 4 is 23.9 Å². The molecule has 1 spiro atoms. The van der Waals surface area contributed by atoms with Crippen molar-refractivity contribution in [3.63, 3.8) is 0 Å². The van der Waals surface area contributed by atoms with E-state index in [1.165, 1.54) is 6.92 Å². The number of hydrogen-bond donors (Lipinski definition) is 4. The van der Waals surface area contributed by atoms with Crippen LogP contribution >= 0.6 is 0 Å². The number of carbonyl (C=O) groups excluding carboxylic acids is 2. The van der Waals surface area contributed by atoms with Crippen LogP contribution in [0.5, 0.6) is 11.5 Å². The number of esters is 2. The quantitative estimate of drug-likeness (QED) is 0.251. The first-order valence-electron chi connectivity index (χ1n) is 13.9. The van der Waals surface area contributed by atoms with Crippen LogP contribution in [0.4, 0.5) is 26.3 Å². The molecular formula is C28H32F6N2O11. The first-order chi connectivity index (χ1) is 21.6. The number of benzene rings is 1. The number of piperidine rings is 1. The molecule has 2 heterocycles. The summed E-state index contributed by atoms with van der Waals surface area (Å²) in [6.45, 7) is 2.38. The molecule has 2 aliphatic heterocycles. The van der Waals surface area contributed by atoms with Gasteiger partial charge in [0.25, 0.3) is 0 Å². The normalized spacial score (nSPS) is 26.0. The standard InChI is InChI=1S/C24H30N2O7.2C2HF3O2/c1-13(31-18(27)7-10-25)22(28)32-16-6-8-24(29)17-12-14-4-5-15(30-3)20-19(14)23(24,21(16)33-20)9-11-26(17)2;2*3-2(4,5)1(6)7/h4-6,13,17,21,29H,7-12,25H2,1-3H3;2*(H,6,7)/t13-,17?,21-,23-,24-;;/m0../s1. The molecule has 0 radical (unpaired) electrons. The maximum atomic E-state index is 12.8. The molecule has 1 unspecified atom stereocenters. The second-order valence-corrected chi connectivity index (χ2v) is 11.0. The lowest BCUT2D eigenvalue weighted by atomic mass is 9.50. The number of carboxylic acid groups (broad SMARTS) is 2. The molecule has 4 aliphatic rings. The lowest BCUT2D eigenvalue weighted by Gasteiger charge is -2.61. The third-order valence-corrected chi connectivity index (χ3v) is 8.25. The summed E-state index contributed by atoms with van der Waals surface area (Å²) in [5, 5.41) is 26.4. The number of aliphatic carboxylic acids is 2. The Hall–Kier alpha value is -4.10. The number of carboxylic acids is 2. The van der Waals surface area contributed by atoms with Gasteiger partial charge in [-0.3, -0.25) is 4.79 Å². The number of aliphatic hydroxyl groups is 1. The van der Waals surface area contributed by atoms with Crippen molar-refractivity contribution in [1.29, 1.82) is 0 Å². The van der Waals surface area contributed by atoms with E-state index in [4.69, 9.17) is 44.5 Å².